The summed E-state index contributed by atoms with van der Waals surface area (Å²) in [6.07, 6.45) is 2.78. The van der Waals surface area contributed by atoms with Gasteiger partial charge in [-0.15, -0.1) is 0 Å². The number of aryl methyl sites for hydroxylation is 2. The number of ketones is 1. The van der Waals surface area contributed by atoms with Crippen molar-refractivity contribution >= 4 is 17.5 Å². The lowest BCUT2D eigenvalue weighted by molar-refractivity contribution is -0.386. The lowest BCUT2D eigenvalue weighted by Gasteiger charge is -2.05. The van der Waals surface area contributed by atoms with E-state index in [1.54, 1.807) is 12.1 Å². The normalized spacial score (nSPS) is 10.8. The molecule has 0 heterocycles. The lowest BCUT2D eigenvalue weighted by Crippen LogP contribution is -1.96. The highest BCUT2D eigenvalue weighted by atomic mass is 16.6. The molecule has 0 aliphatic carbocycles. The van der Waals surface area contributed by atoms with E-state index in [1.165, 1.54) is 31.4 Å². The minimum Gasteiger partial charge on any atom is -0.500 e. The van der Waals surface area contributed by atoms with Crippen LogP contribution in [0.15, 0.2) is 36.4 Å². The molecule has 0 fully saturated rings. The van der Waals surface area contributed by atoms with Crippen LogP contribution in [0.4, 0.5) is 5.69 Å². The first-order valence-corrected chi connectivity index (χ1v) is 7.18. The largest absolute Gasteiger partial charge is 0.500 e. The van der Waals surface area contributed by atoms with E-state index in [1.807, 2.05) is 19.9 Å². The summed E-state index contributed by atoms with van der Waals surface area (Å²) in [7, 11) is 1.30. The zero-order chi connectivity index (χ0) is 17.9. The number of hydrogen-bond donors (Lipinski definition) is 1. The van der Waals surface area contributed by atoms with Crippen molar-refractivity contribution < 1.29 is 19.6 Å². The van der Waals surface area contributed by atoms with Crippen molar-refractivity contribution in [1.82, 2.24) is 0 Å². The van der Waals surface area contributed by atoms with Gasteiger partial charge in [-0.2, -0.15) is 0 Å². The highest BCUT2D eigenvalue weighted by Crippen LogP contribution is 2.37. The summed E-state index contributed by atoms with van der Waals surface area (Å²) in [4.78, 5) is 22.5. The van der Waals surface area contributed by atoms with Gasteiger partial charge in [0.15, 0.2) is 11.5 Å². The van der Waals surface area contributed by atoms with Crippen molar-refractivity contribution in [2.75, 3.05) is 7.11 Å². The number of allylic oxidation sites excluding steroid dienone is 1. The van der Waals surface area contributed by atoms with Gasteiger partial charge in [-0.05, 0) is 48.7 Å². The first-order valence-electron chi connectivity index (χ1n) is 7.18. The molecule has 2 aromatic carbocycles. The fraction of sp³-hybridized carbons (Fsp3) is 0.167. The standard InChI is InChI=1S/C18H17NO5/c1-11-4-6-14(8-12(11)2)16(20)7-5-13-9-15(19(22)23)18(21)17(10-13)24-3/h4-10,21H,1-3H3. The summed E-state index contributed by atoms with van der Waals surface area (Å²) in [6.45, 7) is 3.88. The molecule has 0 amide bonds. The number of nitro groups is 1. The van der Waals surface area contributed by atoms with Gasteiger partial charge in [0, 0.05) is 11.6 Å². The molecule has 2 aromatic rings. The summed E-state index contributed by atoms with van der Waals surface area (Å²) in [5, 5.41) is 20.7. The van der Waals surface area contributed by atoms with E-state index in [2.05, 4.69) is 0 Å². The first-order chi connectivity index (χ1) is 11.3. The summed E-state index contributed by atoms with van der Waals surface area (Å²) in [5.74, 6) is -0.782. The number of rotatable bonds is 5. The molecule has 124 valence electrons. The quantitative estimate of drug-likeness (QED) is 0.390. The minimum atomic E-state index is -0.708. The summed E-state index contributed by atoms with van der Waals surface area (Å²) in [5.41, 5.74) is 2.54. The van der Waals surface area contributed by atoms with Crippen LogP contribution in [0.2, 0.25) is 0 Å². The molecule has 0 saturated carbocycles. The second-order valence-electron chi connectivity index (χ2n) is 5.34. The Bertz CT molecular complexity index is 840. The van der Waals surface area contributed by atoms with Crippen LogP contribution in [-0.2, 0) is 0 Å². The number of hydrogen-bond acceptors (Lipinski definition) is 5. The van der Waals surface area contributed by atoms with E-state index in [0.717, 1.165) is 11.1 Å². The molecule has 0 spiro atoms. The summed E-state index contributed by atoms with van der Waals surface area (Å²) in [6, 6.07) is 8.00. The van der Waals surface area contributed by atoms with Gasteiger partial charge in [0.05, 0.1) is 12.0 Å². The van der Waals surface area contributed by atoms with Crippen LogP contribution in [0.3, 0.4) is 0 Å². The maximum Gasteiger partial charge on any atom is 0.315 e. The number of carbonyl (C=O) groups is 1. The topological polar surface area (TPSA) is 89.7 Å². The van der Waals surface area contributed by atoms with Gasteiger partial charge in [0.1, 0.15) is 0 Å². The molecule has 0 bridgehead atoms. The van der Waals surface area contributed by atoms with Crippen LogP contribution in [0.1, 0.15) is 27.0 Å². The van der Waals surface area contributed by atoms with Gasteiger partial charge in [-0.25, -0.2) is 0 Å². The highest BCUT2D eigenvalue weighted by molar-refractivity contribution is 6.07. The van der Waals surface area contributed by atoms with Gasteiger partial charge < -0.3 is 9.84 Å². The molecule has 1 N–H and O–H groups in total. The SMILES string of the molecule is COc1cc(C=CC(=O)c2ccc(C)c(C)c2)cc([N+](=O)[O-])c1O. The van der Waals surface area contributed by atoms with Crippen molar-refractivity contribution in [3.63, 3.8) is 0 Å². The van der Waals surface area contributed by atoms with Crippen molar-refractivity contribution in [2.24, 2.45) is 0 Å². The summed E-state index contributed by atoms with van der Waals surface area (Å²) < 4.78 is 4.92. The van der Waals surface area contributed by atoms with Crippen LogP contribution in [0, 0.1) is 24.0 Å². The molecule has 0 aliphatic rings. The van der Waals surface area contributed by atoms with Crippen LogP contribution in [0.5, 0.6) is 11.5 Å². The Labute approximate surface area is 139 Å². The zero-order valence-electron chi connectivity index (χ0n) is 13.6. The lowest BCUT2D eigenvalue weighted by atomic mass is 10.0. The predicted molar refractivity (Wildman–Crippen MR) is 90.6 cm³/mol. The number of aromatic hydroxyl groups is 1. The van der Waals surface area contributed by atoms with Gasteiger partial charge in [0.25, 0.3) is 0 Å². The maximum atomic E-state index is 12.2. The maximum absolute atomic E-state index is 12.2. The molecule has 0 radical (unpaired) electrons. The summed E-state index contributed by atoms with van der Waals surface area (Å²) >= 11 is 0. The van der Waals surface area contributed by atoms with Crippen molar-refractivity contribution in [3.8, 4) is 11.5 Å². The minimum absolute atomic E-state index is 0.0255. The van der Waals surface area contributed by atoms with Gasteiger partial charge >= 0.3 is 5.69 Å². The predicted octanol–water partition coefficient (Wildman–Crippen LogP) is 3.82. The number of phenols is 1. The third-order valence-corrected chi connectivity index (χ3v) is 3.71. The molecule has 0 aliphatic heterocycles. The number of benzene rings is 2. The van der Waals surface area contributed by atoms with Crippen molar-refractivity contribution in [3.05, 3.63) is 68.8 Å². The van der Waals surface area contributed by atoms with Crippen LogP contribution in [0.25, 0.3) is 6.08 Å². The van der Waals surface area contributed by atoms with Crippen molar-refractivity contribution in [1.29, 1.82) is 0 Å². The molecule has 24 heavy (non-hydrogen) atoms. The van der Waals surface area contributed by atoms with E-state index in [0.29, 0.717) is 11.1 Å². The highest BCUT2D eigenvalue weighted by Gasteiger charge is 2.19. The molecule has 0 aromatic heterocycles. The van der Waals surface area contributed by atoms with E-state index in [-0.39, 0.29) is 11.5 Å². The molecule has 0 unspecified atom stereocenters. The second-order valence-corrected chi connectivity index (χ2v) is 5.34. The smallest absolute Gasteiger partial charge is 0.315 e. The molecular weight excluding hydrogens is 310 g/mol. The first kappa shape index (κ1) is 17.2. The molecule has 6 heteroatoms. The Morgan fingerprint density at radius 3 is 2.50 bits per heavy atom. The van der Waals surface area contributed by atoms with Crippen molar-refractivity contribution in [2.45, 2.75) is 13.8 Å². The number of ether oxygens (including phenoxy) is 1. The zero-order valence-corrected chi connectivity index (χ0v) is 13.6. The molecule has 0 atom stereocenters. The molecular formula is C18H17NO5. The monoisotopic (exact) mass is 327 g/mol. The Kier molecular flexibility index (Phi) is 4.99. The van der Waals surface area contributed by atoms with Gasteiger partial charge in [-0.1, -0.05) is 18.2 Å². The number of methoxy groups -OCH3 is 1. The Hall–Kier alpha value is -3.15. The third-order valence-electron chi connectivity index (χ3n) is 3.71. The number of nitro benzene ring substituents is 1. The average Bonchev–Trinajstić information content (AvgIpc) is 2.55. The fourth-order valence-corrected chi connectivity index (χ4v) is 2.17. The van der Waals surface area contributed by atoms with E-state index >= 15 is 0 Å². The van der Waals surface area contributed by atoms with E-state index < -0.39 is 16.4 Å². The Morgan fingerprint density at radius 1 is 1.21 bits per heavy atom. The van der Waals surface area contributed by atoms with Gasteiger partial charge in [0.2, 0.25) is 5.75 Å². The molecule has 2 rings (SSSR count). The van der Waals surface area contributed by atoms with Gasteiger partial charge in [-0.3, -0.25) is 14.9 Å². The Balaban J connectivity index is 2.34. The average molecular weight is 327 g/mol. The Morgan fingerprint density at radius 2 is 1.92 bits per heavy atom. The van der Waals surface area contributed by atoms with E-state index in [4.69, 9.17) is 4.74 Å². The second kappa shape index (κ2) is 6.95. The van der Waals surface area contributed by atoms with Crippen LogP contribution >= 0.6 is 0 Å². The van der Waals surface area contributed by atoms with E-state index in [9.17, 15) is 20.0 Å². The number of phenolic OH excluding ortho intramolecular Hbond substituents is 1. The fourth-order valence-electron chi connectivity index (χ4n) is 2.17. The van der Waals surface area contributed by atoms with Crippen LogP contribution < -0.4 is 4.74 Å². The molecule has 6 nitrogen and oxygen atoms in total. The molecule has 0 saturated heterocycles. The number of nitrogens with zero attached hydrogens (tertiary/aromatic N) is 1. The van der Waals surface area contributed by atoms with Crippen LogP contribution in [-0.4, -0.2) is 22.9 Å². The number of carbonyl (C=O) groups excluding carboxylic acids is 1. The third kappa shape index (κ3) is 3.60.